The third-order valence-electron chi connectivity index (χ3n) is 6.09. The van der Waals surface area contributed by atoms with Crippen molar-refractivity contribution >= 4 is 23.6 Å². The first-order valence-electron chi connectivity index (χ1n) is 11.4. The highest BCUT2D eigenvalue weighted by Gasteiger charge is 2.37. The molecule has 0 aliphatic carbocycles. The molecule has 3 rings (SSSR count). The quantitative estimate of drug-likeness (QED) is 0.352. The topological polar surface area (TPSA) is 55.4 Å². The third kappa shape index (κ3) is 6.30. The number of likely N-dealkylation sites (tertiary alicyclic amines) is 1. The molecule has 0 spiro atoms. The highest BCUT2D eigenvalue weighted by molar-refractivity contribution is 5.95. The maximum Gasteiger partial charge on any atom is 0.279 e. The molecule has 0 radical (unpaired) electrons. The average Bonchev–Trinajstić information content (AvgIpc) is 2.82. The summed E-state index contributed by atoms with van der Waals surface area (Å²) in [5.41, 5.74) is 3.72. The molecule has 172 valence electrons. The molecule has 1 N–H and O–H groups in total. The van der Waals surface area contributed by atoms with Gasteiger partial charge in [0.15, 0.2) is 12.8 Å². The van der Waals surface area contributed by atoms with Gasteiger partial charge in [0.25, 0.3) is 5.91 Å². The first-order valence-corrected chi connectivity index (χ1v) is 11.4. The monoisotopic (exact) mass is 437 g/mol. The number of rotatable bonds is 8. The molecule has 0 aromatic heterocycles. The number of nitrogens with one attached hydrogen (secondary N) is 1. The van der Waals surface area contributed by atoms with Crippen molar-refractivity contribution < 1.29 is 18.8 Å². The van der Waals surface area contributed by atoms with E-state index in [4.69, 9.17) is 4.74 Å². The minimum absolute atomic E-state index is 0.0926. The number of ether oxygens (including phenoxy) is 1. The van der Waals surface area contributed by atoms with Crippen LogP contribution in [-0.4, -0.2) is 50.0 Å². The van der Waals surface area contributed by atoms with Gasteiger partial charge < -0.3 is 14.5 Å². The predicted molar refractivity (Wildman–Crippen MR) is 131 cm³/mol. The van der Waals surface area contributed by atoms with Gasteiger partial charge in [-0.05, 0) is 37.0 Å². The van der Waals surface area contributed by atoms with Crippen molar-refractivity contribution in [3.8, 4) is 0 Å². The normalized spacial score (nSPS) is 19.8. The number of para-hydroxylation sites is 1. The number of amides is 1. The Morgan fingerprint density at radius 3 is 2.56 bits per heavy atom. The summed E-state index contributed by atoms with van der Waals surface area (Å²) < 4.78 is 5.78. The van der Waals surface area contributed by atoms with Crippen molar-refractivity contribution in [3.63, 3.8) is 0 Å². The SMILES string of the molecule is C=C(OC)c1cccc(C)c1NC(=O)C[N+]1(CC=O)CCCC(c2ccccc2)C1.CC. The van der Waals surface area contributed by atoms with Gasteiger partial charge in [0.1, 0.15) is 12.3 Å². The average molecular weight is 438 g/mol. The highest BCUT2D eigenvalue weighted by Crippen LogP contribution is 2.32. The van der Waals surface area contributed by atoms with Gasteiger partial charge in [-0.25, -0.2) is 0 Å². The van der Waals surface area contributed by atoms with Gasteiger partial charge in [0.05, 0.1) is 25.9 Å². The number of hydrogen-bond acceptors (Lipinski definition) is 3. The Hall–Kier alpha value is -2.92. The van der Waals surface area contributed by atoms with Crippen LogP contribution in [0.15, 0.2) is 55.1 Å². The van der Waals surface area contributed by atoms with Crippen LogP contribution < -0.4 is 5.32 Å². The molecule has 1 aliphatic heterocycles. The maximum absolute atomic E-state index is 13.1. The van der Waals surface area contributed by atoms with E-state index in [1.165, 1.54) is 5.56 Å². The lowest BCUT2D eigenvalue weighted by Crippen LogP contribution is -2.57. The number of nitrogens with zero attached hydrogens (tertiary/aromatic N) is 1. The van der Waals surface area contributed by atoms with Gasteiger partial charge in [0, 0.05) is 11.5 Å². The lowest BCUT2D eigenvalue weighted by atomic mass is 9.89. The molecule has 1 aliphatic rings. The molecule has 1 heterocycles. The van der Waals surface area contributed by atoms with Crippen molar-refractivity contribution in [2.45, 2.75) is 39.5 Å². The number of benzene rings is 2. The summed E-state index contributed by atoms with van der Waals surface area (Å²) in [6, 6.07) is 16.1. The molecule has 32 heavy (non-hydrogen) atoms. The molecule has 1 amide bonds. The fraction of sp³-hybridized carbons (Fsp3) is 0.407. The van der Waals surface area contributed by atoms with Crippen LogP contribution in [0.1, 0.15) is 49.3 Å². The summed E-state index contributed by atoms with van der Waals surface area (Å²) in [5.74, 6) is 0.771. The minimum Gasteiger partial charge on any atom is -0.497 e. The second kappa shape index (κ2) is 12.2. The number of carbonyl (C=O) groups is 2. The number of piperidine rings is 1. The van der Waals surface area contributed by atoms with E-state index in [0.717, 1.165) is 49.0 Å². The first kappa shape index (κ1) is 25.3. The van der Waals surface area contributed by atoms with Gasteiger partial charge in [-0.1, -0.05) is 62.9 Å². The van der Waals surface area contributed by atoms with E-state index in [1.54, 1.807) is 7.11 Å². The minimum atomic E-state index is -0.0926. The van der Waals surface area contributed by atoms with Crippen molar-refractivity contribution in [2.75, 3.05) is 38.6 Å². The van der Waals surface area contributed by atoms with Crippen molar-refractivity contribution in [2.24, 2.45) is 0 Å². The van der Waals surface area contributed by atoms with Crippen molar-refractivity contribution in [1.29, 1.82) is 0 Å². The smallest absolute Gasteiger partial charge is 0.279 e. The van der Waals surface area contributed by atoms with Gasteiger partial charge in [0.2, 0.25) is 0 Å². The Balaban J connectivity index is 0.00000176. The molecule has 2 atom stereocenters. The number of hydrogen-bond donors (Lipinski definition) is 1. The molecule has 1 fully saturated rings. The summed E-state index contributed by atoms with van der Waals surface area (Å²) >= 11 is 0. The summed E-state index contributed by atoms with van der Waals surface area (Å²) in [6.07, 6.45) is 3.03. The number of aldehydes is 1. The van der Waals surface area contributed by atoms with E-state index in [9.17, 15) is 9.59 Å². The molecule has 1 saturated heterocycles. The second-order valence-electron chi connectivity index (χ2n) is 8.18. The largest absolute Gasteiger partial charge is 0.497 e. The van der Waals surface area contributed by atoms with Crippen LogP contribution in [0.5, 0.6) is 0 Å². The van der Waals surface area contributed by atoms with Crippen molar-refractivity contribution in [1.82, 2.24) is 0 Å². The van der Waals surface area contributed by atoms with Crippen LogP contribution in [0.2, 0.25) is 0 Å². The van der Waals surface area contributed by atoms with E-state index < -0.39 is 0 Å². The fourth-order valence-corrected chi connectivity index (χ4v) is 4.51. The van der Waals surface area contributed by atoms with Crippen LogP contribution in [-0.2, 0) is 14.3 Å². The first-order chi connectivity index (χ1) is 15.5. The number of aryl methyl sites for hydroxylation is 1. The van der Waals surface area contributed by atoms with E-state index >= 15 is 0 Å². The molecule has 0 bridgehead atoms. The molecule has 2 unspecified atom stereocenters. The molecular weight excluding hydrogens is 400 g/mol. The zero-order chi connectivity index (χ0) is 23.6. The lowest BCUT2D eigenvalue weighted by molar-refractivity contribution is -0.918. The molecule has 2 aromatic rings. The molecule has 5 nitrogen and oxygen atoms in total. The highest BCUT2D eigenvalue weighted by atomic mass is 16.5. The summed E-state index contributed by atoms with van der Waals surface area (Å²) in [6.45, 7) is 12.1. The Bertz CT molecular complexity index is 910. The predicted octanol–water partition coefficient (Wildman–Crippen LogP) is 5.17. The van der Waals surface area contributed by atoms with E-state index in [1.807, 2.05) is 57.2 Å². The molecule has 5 heteroatoms. The van der Waals surface area contributed by atoms with Gasteiger partial charge in [-0.15, -0.1) is 0 Å². The van der Waals surface area contributed by atoms with Crippen LogP contribution in [0.25, 0.3) is 5.76 Å². The Morgan fingerprint density at radius 1 is 1.19 bits per heavy atom. The second-order valence-corrected chi connectivity index (χ2v) is 8.18. The zero-order valence-electron chi connectivity index (χ0n) is 19.9. The molecule has 2 aromatic carbocycles. The van der Waals surface area contributed by atoms with Crippen LogP contribution in [0, 0.1) is 6.92 Å². The van der Waals surface area contributed by atoms with E-state index in [0.29, 0.717) is 22.7 Å². The Morgan fingerprint density at radius 2 is 1.91 bits per heavy atom. The van der Waals surface area contributed by atoms with E-state index in [-0.39, 0.29) is 12.5 Å². The summed E-state index contributed by atoms with van der Waals surface area (Å²) in [5, 5.41) is 3.07. The third-order valence-corrected chi connectivity index (χ3v) is 6.09. The Labute approximate surface area is 192 Å². The molecule has 0 saturated carbocycles. The van der Waals surface area contributed by atoms with Gasteiger partial charge in [-0.3, -0.25) is 9.59 Å². The molecular formula is C27H37N2O3+. The fourth-order valence-electron chi connectivity index (χ4n) is 4.51. The summed E-state index contributed by atoms with van der Waals surface area (Å²) in [7, 11) is 1.57. The number of quaternary nitrogens is 1. The van der Waals surface area contributed by atoms with Gasteiger partial charge in [-0.2, -0.15) is 0 Å². The van der Waals surface area contributed by atoms with E-state index in [2.05, 4.69) is 24.0 Å². The summed E-state index contributed by atoms with van der Waals surface area (Å²) in [4.78, 5) is 24.6. The number of carbonyl (C=O) groups excluding carboxylic acids is 2. The van der Waals surface area contributed by atoms with Gasteiger partial charge >= 0.3 is 0 Å². The van der Waals surface area contributed by atoms with Crippen LogP contribution in [0.4, 0.5) is 5.69 Å². The zero-order valence-corrected chi connectivity index (χ0v) is 19.9. The lowest BCUT2D eigenvalue weighted by Gasteiger charge is -2.43. The van der Waals surface area contributed by atoms with Crippen molar-refractivity contribution in [3.05, 3.63) is 71.8 Å². The Kier molecular flexibility index (Phi) is 9.66. The number of methoxy groups -OCH3 is 1. The number of anilines is 1. The maximum atomic E-state index is 13.1. The van der Waals surface area contributed by atoms with Crippen LogP contribution in [0.3, 0.4) is 0 Å². The van der Waals surface area contributed by atoms with Crippen LogP contribution >= 0.6 is 0 Å². The standard InChI is InChI=1S/C25H30N2O3.C2H6/c1-19-9-7-13-23(20(2)30-3)25(19)26-24(29)18-27(15-16-28)14-8-12-22(17-27)21-10-5-4-6-11-21;1-2/h4-7,9-11,13,16,22H,2,8,12,14-15,17-18H2,1,3H3;1-2H3/p+1.